The molecule has 3 aliphatic rings. The second-order valence-electron chi connectivity index (χ2n) is 7.79. The second kappa shape index (κ2) is 10.9. The van der Waals surface area contributed by atoms with Crippen molar-refractivity contribution in [2.45, 2.75) is 71.6 Å². The number of likely N-dealkylation sites (tertiary alicyclic amines) is 1. The first kappa shape index (κ1) is 22.8. The van der Waals surface area contributed by atoms with Gasteiger partial charge in [-0.1, -0.05) is 34.1 Å². The summed E-state index contributed by atoms with van der Waals surface area (Å²) in [4.78, 5) is 16.8. The molecule has 4 heterocycles. The Labute approximate surface area is 169 Å². The number of aromatic nitrogens is 2. The Hall–Kier alpha value is -1.47. The number of carbonyl (C=O) groups is 1. The second-order valence-corrected chi connectivity index (χ2v) is 7.79. The molecule has 1 aromatic heterocycles. The van der Waals surface area contributed by atoms with Gasteiger partial charge < -0.3 is 10.2 Å². The third-order valence-corrected chi connectivity index (χ3v) is 5.41. The van der Waals surface area contributed by atoms with Crippen LogP contribution in [0.2, 0.25) is 0 Å². The molecule has 1 aromatic rings. The molecule has 4 rings (SSSR count). The minimum absolute atomic E-state index is 0.163. The predicted octanol–water partition coefficient (Wildman–Crippen LogP) is 2.49. The van der Waals surface area contributed by atoms with E-state index in [4.69, 9.17) is 0 Å². The summed E-state index contributed by atoms with van der Waals surface area (Å²) in [6.45, 7) is 12.6. The number of rotatable bonds is 3. The van der Waals surface area contributed by atoms with Crippen molar-refractivity contribution < 1.29 is 9.18 Å². The van der Waals surface area contributed by atoms with Gasteiger partial charge >= 0.3 is 0 Å². The number of carbonyl (C=O) groups excluding carboxylic acids is 1. The lowest BCUT2D eigenvalue weighted by atomic mass is 9.96. The highest BCUT2D eigenvalue weighted by molar-refractivity contribution is 5.76. The van der Waals surface area contributed by atoms with Crippen molar-refractivity contribution in [2.75, 3.05) is 39.3 Å². The number of alkyl halides is 1. The van der Waals surface area contributed by atoms with Crippen LogP contribution in [0.3, 0.4) is 0 Å². The van der Waals surface area contributed by atoms with Crippen molar-refractivity contribution in [3.63, 3.8) is 0 Å². The smallest absolute Gasteiger partial charge is 0.244 e. The quantitative estimate of drug-likeness (QED) is 0.854. The molecule has 0 aliphatic carbocycles. The topological polar surface area (TPSA) is 53.4 Å². The standard InChI is InChI=1S/C16H24FN5O.C3H8.C2H6/c17-16(10-18-11-16)12-20-6-2-13(3-7-20)21-8-4-14-1-5-19-22(14)9-15(21)23;1-3-2;1-2/h1,5,13,18H,2-4,6-12H2;3H2,1-2H3;1-2H3. The number of amides is 1. The largest absolute Gasteiger partial charge is 0.338 e. The molecule has 7 heteroatoms. The van der Waals surface area contributed by atoms with Gasteiger partial charge in [0.25, 0.3) is 0 Å². The SMILES string of the molecule is CC.CCC.O=C1Cn2nccc2CCN1C1CCN(CC2(F)CNC2)CC1. The van der Waals surface area contributed by atoms with E-state index in [2.05, 4.69) is 29.2 Å². The number of hydrogen-bond donors (Lipinski definition) is 1. The molecule has 3 aliphatic heterocycles. The minimum Gasteiger partial charge on any atom is -0.338 e. The van der Waals surface area contributed by atoms with Crippen LogP contribution in [-0.4, -0.2) is 76.5 Å². The summed E-state index contributed by atoms with van der Waals surface area (Å²) in [5, 5.41) is 7.24. The molecule has 0 unspecified atom stereocenters. The molecule has 0 spiro atoms. The third-order valence-electron chi connectivity index (χ3n) is 5.41. The fourth-order valence-corrected chi connectivity index (χ4v) is 3.98. The van der Waals surface area contributed by atoms with Crippen LogP contribution in [0, 0.1) is 0 Å². The van der Waals surface area contributed by atoms with Gasteiger partial charge in [0, 0.05) is 63.6 Å². The lowest BCUT2D eigenvalue weighted by Crippen LogP contribution is -2.62. The third kappa shape index (κ3) is 5.77. The van der Waals surface area contributed by atoms with E-state index < -0.39 is 5.67 Å². The maximum Gasteiger partial charge on any atom is 0.244 e. The molecule has 2 fully saturated rings. The highest BCUT2D eigenvalue weighted by Crippen LogP contribution is 2.24. The highest BCUT2D eigenvalue weighted by Gasteiger charge is 2.40. The van der Waals surface area contributed by atoms with Crippen LogP contribution >= 0.6 is 0 Å². The monoisotopic (exact) mass is 395 g/mol. The highest BCUT2D eigenvalue weighted by atomic mass is 19.1. The Morgan fingerprint density at radius 1 is 1.21 bits per heavy atom. The summed E-state index contributed by atoms with van der Waals surface area (Å²) in [5.41, 5.74) is 0.0932. The molecule has 0 bridgehead atoms. The van der Waals surface area contributed by atoms with Crippen LogP contribution in [0.5, 0.6) is 0 Å². The van der Waals surface area contributed by atoms with E-state index in [-0.39, 0.29) is 5.91 Å². The molecule has 160 valence electrons. The predicted molar refractivity (Wildman–Crippen MR) is 111 cm³/mol. The Morgan fingerprint density at radius 3 is 2.43 bits per heavy atom. The average molecular weight is 396 g/mol. The van der Waals surface area contributed by atoms with E-state index in [1.165, 1.54) is 6.42 Å². The van der Waals surface area contributed by atoms with Gasteiger partial charge in [0.15, 0.2) is 0 Å². The Morgan fingerprint density at radius 2 is 1.86 bits per heavy atom. The molecule has 2 saturated heterocycles. The maximum atomic E-state index is 14.2. The molecule has 6 nitrogen and oxygen atoms in total. The number of hydrogen-bond acceptors (Lipinski definition) is 4. The minimum atomic E-state index is -1.04. The number of halogens is 1. The fraction of sp³-hybridized carbons (Fsp3) is 0.810. The normalized spacial score (nSPS) is 22.0. The zero-order valence-electron chi connectivity index (χ0n) is 18.1. The molecule has 1 N–H and O–H groups in total. The van der Waals surface area contributed by atoms with Crippen LogP contribution in [0.15, 0.2) is 12.3 Å². The van der Waals surface area contributed by atoms with Gasteiger partial charge in [-0.3, -0.25) is 14.4 Å². The van der Waals surface area contributed by atoms with E-state index >= 15 is 0 Å². The fourth-order valence-electron chi connectivity index (χ4n) is 3.98. The van der Waals surface area contributed by atoms with Gasteiger partial charge in [-0.2, -0.15) is 5.10 Å². The van der Waals surface area contributed by atoms with Crippen LogP contribution < -0.4 is 5.32 Å². The Balaban J connectivity index is 0.000000514. The maximum absolute atomic E-state index is 14.2. The van der Waals surface area contributed by atoms with Gasteiger partial charge in [-0.05, 0) is 18.9 Å². The Kier molecular flexibility index (Phi) is 8.89. The molecule has 0 saturated carbocycles. The molecular formula is C21H38FN5O. The summed E-state index contributed by atoms with van der Waals surface area (Å²) >= 11 is 0. The first-order valence-corrected chi connectivity index (χ1v) is 11.0. The number of nitrogens with one attached hydrogen (secondary N) is 1. The zero-order chi connectivity index (χ0) is 20.6. The number of nitrogens with zero attached hydrogens (tertiary/aromatic N) is 4. The van der Waals surface area contributed by atoms with Crippen LogP contribution in [0.1, 0.15) is 52.7 Å². The molecule has 1 amide bonds. The van der Waals surface area contributed by atoms with E-state index in [1.807, 2.05) is 29.5 Å². The summed E-state index contributed by atoms with van der Waals surface area (Å²) < 4.78 is 16.0. The van der Waals surface area contributed by atoms with Crippen molar-refractivity contribution in [2.24, 2.45) is 0 Å². The van der Waals surface area contributed by atoms with E-state index in [0.29, 0.717) is 32.2 Å². The summed E-state index contributed by atoms with van der Waals surface area (Å²) in [5.74, 6) is 0.163. The van der Waals surface area contributed by atoms with E-state index in [0.717, 1.165) is 44.6 Å². The average Bonchev–Trinajstić information content (AvgIpc) is 3.05. The molecule has 28 heavy (non-hydrogen) atoms. The first-order chi connectivity index (χ1) is 13.5. The van der Waals surface area contributed by atoms with Gasteiger partial charge in [0.2, 0.25) is 5.91 Å². The molecule has 0 radical (unpaired) electrons. The van der Waals surface area contributed by atoms with Crippen molar-refractivity contribution >= 4 is 5.91 Å². The van der Waals surface area contributed by atoms with Gasteiger partial charge in [0.05, 0.1) is 0 Å². The van der Waals surface area contributed by atoms with Crippen LogP contribution in [-0.2, 0) is 17.8 Å². The molecule has 0 atom stereocenters. The van der Waals surface area contributed by atoms with Crippen LogP contribution in [0.4, 0.5) is 4.39 Å². The van der Waals surface area contributed by atoms with Crippen molar-refractivity contribution in [3.8, 4) is 0 Å². The molecular weight excluding hydrogens is 357 g/mol. The Bertz CT molecular complexity index is 593. The summed E-state index contributed by atoms with van der Waals surface area (Å²) in [7, 11) is 0. The van der Waals surface area contributed by atoms with Gasteiger partial charge in [0.1, 0.15) is 12.2 Å². The van der Waals surface area contributed by atoms with E-state index in [1.54, 1.807) is 6.20 Å². The lowest BCUT2D eigenvalue weighted by Gasteiger charge is -2.43. The zero-order valence-corrected chi connectivity index (χ0v) is 18.1. The van der Waals surface area contributed by atoms with Crippen molar-refractivity contribution in [3.05, 3.63) is 18.0 Å². The lowest BCUT2D eigenvalue weighted by molar-refractivity contribution is -0.135. The van der Waals surface area contributed by atoms with Gasteiger partial charge in [-0.15, -0.1) is 0 Å². The number of fused-ring (bicyclic) bond motifs is 1. The van der Waals surface area contributed by atoms with Crippen LogP contribution in [0.25, 0.3) is 0 Å². The first-order valence-electron chi connectivity index (χ1n) is 11.0. The summed E-state index contributed by atoms with van der Waals surface area (Å²) in [6, 6.07) is 2.28. The van der Waals surface area contributed by atoms with Gasteiger partial charge in [-0.25, -0.2) is 4.39 Å². The van der Waals surface area contributed by atoms with E-state index in [9.17, 15) is 9.18 Å². The molecule has 0 aromatic carbocycles. The van der Waals surface area contributed by atoms with Crippen molar-refractivity contribution in [1.29, 1.82) is 0 Å². The van der Waals surface area contributed by atoms with Crippen molar-refractivity contribution in [1.82, 2.24) is 24.9 Å². The summed E-state index contributed by atoms with van der Waals surface area (Å²) in [6.07, 6.45) is 5.76. The number of piperidine rings is 1.